The number of aliphatic imine (C=N–C) groups is 1. The van der Waals surface area contributed by atoms with Crippen LogP contribution in [0.4, 0.5) is 0 Å². The lowest BCUT2D eigenvalue weighted by molar-refractivity contribution is -0.0161. The van der Waals surface area contributed by atoms with Crippen molar-refractivity contribution in [3.8, 4) is 0 Å². The molecule has 26 heavy (non-hydrogen) atoms. The van der Waals surface area contributed by atoms with Crippen molar-refractivity contribution in [2.75, 3.05) is 73.2 Å². The normalized spacial score (nSPS) is 24.2. The molecule has 0 aromatic heterocycles. The highest BCUT2D eigenvalue weighted by Crippen LogP contribution is 2.13. The Morgan fingerprint density at radius 2 is 1.88 bits per heavy atom. The van der Waals surface area contributed by atoms with Crippen LogP contribution in [-0.4, -0.2) is 101 Å². The van der Waals surface area contributed by atoms with Gasteiger partial charge in [-0.25, -0.2) is 0 Å². The molecule has 2 aliphatic rings. The fourth-order valence-electron chi connectivity index (χ4n) is 3.48. The summed E-state index contributed by atoms with van der Waals surface area (Å²) in [6.07, 6.45) is 1.41. The molecule has 2 aliphatic heterocycles. The molecule has 154 valence electrons. The topological polar surface area (TPSA) is 61.4 Å². The van der Waals surface area contributed by atoms with Crippen molar-refractivity contribution >= 4 is 29.9 Å². The third-order valence-corrected chi connectivity index (χ3v) is 4.87. The Hall–Kier alpha value is -0.160. The molecule has 0 radical (unpaired) electrons. The summed E-state index contributed by atoms with van der Waals surface area (Å²) in [5.41, 5.74) is 0. The minimum Gasteiger partial charge on any atom is -0.379 e. The second-order valence-electron chi connectivity index (χ2n) is 7.52. The van der Waals surface area contributed by atoms with Crippen LogP contribution in [0.5, 0.6) is 0 Å². The van der Waals surface area contributed by atoms with E-state index in [1.807, 2.05) is 7.05 Å². The number of nitrogens with one attached hydrogen (secondary N) is 2. The molecule has 2 atom stereocenters. The van der Waals surface area contributed by atoms with Crippen LogP contribution < -0.4 is 10.6 Å². The zero-order valence-electron chi connectivity index (χ0n) is 16.9. The van der Waals surface area contributed by atoms with Gasteiger partial charge in [-0.3, -0.25) is 9.89 Å². The number of guanidine groups is 1. The zero-order valence-corrected chi connectivity index (χ0v) is 19.2. The average molecular weight is 483 g/mol. The molecule has 0 spiro atoms. The molecule has 7 nitrogen and oxygen atoms in total. The maximum atomic E-state index is 5.81. The van der Waals surface area contributed by atoms with Crippen LogP contribution in [0.2, 0.25) is 0 Å². The first-order valence-corrected chi connectivity index (χ1v) is 9.65. The first kappa shape index (κ1) is 23.9. The van der Waals surface area contributed by atoms with E-state index in [0.717, 1.165) is 65.0 Å². The van der Waals surface area contributed by atoms with Crippen LogP contribution in [-0.2, 0) is 9.47 Å². The van der Waals surface area contributed by atoms with Gasteiger partial charge in [0.15, 0.2) is 5.96 Å². The number of ether oxygens (including phenoxy) is 2. The predicted molar refractivity (Wildman–Crippen MR) is 118 cm³/mol. The fraction of sp³-hybridized carbons (Fsp3) is 0.944. The lowest BCUT2D eigenvalue weighted by atomic mass is 10.0. The summed E-state index contributed by atoms with van der Waals surface area (Å²) in [6, 6.07) is 0.513. The van der Waals surface area contributed by atoms with Crippen molar-refractivity contribution in [3.05, 3.63) is 0 Å². The van der Waals surface area contributed by atoms with Gasteiger partial charge in [-0.15, -0.1) is 24.0 Å². The molecule has 0 aliphatic carbocycles. The lowest BCUT2D eigenvalue weighted by Crippen LogP contribution is -2.52. The quantitative estimate of drug-likeness (QED) is 0.318. The Morgan fingerprint density at radius 1 is 1.15 bits per heavy atom. The van der Waals surface area contributed by atoms with Crippen LogP contribution in [0, 0.1) is 5.92 Å². The number of morpholine rings is 2. The highest BCUT2D eigenvalue weighted by Gasteiger charge is 2.22. The number of rotatable bonds is 7. The molecule has 2 rings (SSSR count). The van der Waals surface area contributed by atoms with Gasteiger partial charge in [0.05, 0.1) is 25.9 Å². The maximum Gasteiger partial charge on any atom is 0.191 e. The predicted octanol–water partition coefficient (Wildman–Crippen LogP) is 0.847. The van der Waals surface area contributed by atoms with Crippen LogP contribution in [0.3, 0.4) is 0 Å². The molecule has 0 amide bonds. The summed E-state index contributed by atoms with van der Waals surface area (Å²) >= 11 is 0. The van der Waals surface area contributed by atoms with Crippen molar-refractivity contribution in [1.29, 1.82) is 0 Å². The van der Waals surface area contributed by atoms with Crippen LogP contribution >= 0.6 is 24.0 Å². The number of hydrogen-bond acceptors (Lipinski definition) is 5. The van der Waals surface area contributed by atoms with E-state index >= 15 is 0 Å². The molecule has 2 saturated heterocycles. The fourth-order valence-corrected chi connectivity index (χ4v) is 3.48. The van der Waals surface area contributed by atoms with E-state index in [9.17, 15) is 0 Å². The third kappa shape index (κ3) is 8.69. The number of nitrogens with zero attached hydrogens (tertiary/aromatic N) is 3. The zero-order chi connectivity index (χ0) is 18.1. The smallest absolute Gasteiger partial charge is 0.191 e. The monoisotopic (exact) mass is 483 g/mol. The van der Waals surface area contributed by atoms with Gasteiger partial charge in [-0.2, -0.15) is 0 Å². The first-order valence-electron chi connectivity index (χ1n) is 9.65. The molecule has 2 fully saturated rings. The Bertz CT molecular complexity index is 405. The van der Waals surface area contributed by atoms with Gasteiger partial charge in [0.25, 0.3) is 0 Å². The van der Waals surface area contributed by atoms with E-state index in [1.165, 1.54) is 6.42 Å². The lowest BCUT2D eigenvalue weighted by Gasteiger charge is -2.36. The molecule has 0 bridgehead atoms. The molecule has 8 heteroatoms. The second kappa shape index (κ2) is 13.1. The van der Waals surface area contributed by atoms with Gasteiger partial charge in [0.1, 0.15) is 0 Å². The minimum absolute atomic E-state index is 0. The largest absolute Gasteiger partial charge is 0.379 e. The number of hydrogen-bond donors (Lipinski definition) is 2. The Morgan fingerprint density at radius 3 is 2.50 bits per heavy atom. The summed E-state index contributed by atoms with van der Waals surface area (Å²) in [4.78, 5) is 9.22. The molecular formula is C18H38IN5O2. The summed E-state index contributed by atoms with van der Waals surface area (Å²) in [5, 5.41) is 6.93. The van der Waals surface area contributed by atoms with E-state index in [2.05, 4.69) is 46.3 Å². The van der Waals surface area contributed by atoms with Crippen LogP contribution in [0.15, 0.2) is 4.99 Å². The van der Waals surface area contributed by atoms with Crippen LogP contribution in [0.1, 0.15) is 20.3 Å². The molecule has 2 unspecified atom stereocenters. The van der Waals surface area contributed by atoms with Crippen molar-refractivity contribution < 1.29 is 9.47 Å². The van der Waals surface area contributed by atoms with Gasteiger partial charge >= 0.3 is 0 Å². The summed E-state index contributed by atoms with van der Waals surface area (Å²) < 4.78 is 11.3. The highest BCUT2D eigenvalue weighted by molar-refractivity contribution is 14.0. The Kier molecular flexibility index (Phi) is 12.0. The van der Waals surface area contributed by atoms with E-state index in [0.29, 0.717) is 12.0 Å². The van der Waals surface area contributed by atoms with Crippen molar-refractivity contribution in [2.24, 2.45) is 10.9 Å². The Balaban J connectivity index is 0.00000338. The summed E-state index contributed by atoms with van der Waals surface area (Å²) in [7, 11) is 3.97. The van der Waals surface area contributed by atoms with Crippen molar-refractivity contribution in [2.45, 2.75) is 32.4 Å². The van der Waals surface area contributed by atoms with Gasteiger partial charge < -0.3 is 25.0 Å². The molecule has 2 N–H and O–H groups in total. The van der Waals surface area contributed by atoms with Gasteiger partial charge in [0, 0.05) is 52.4 Å². The standard InChI is InChI=1S/C18H37N5O2.HI/c1-15(2)11-16(23-6-8-24-9-7-23)12-20-18(19-3)21-13-17-14-22(4)5-10-25-17;/h15-17H,5-14H2,1-4H3,(H2,19,20,21);1H. The van der Waals surface area contributed by atoms with E-state index in [-0.39, 0.29) is 30.1 Å². The third-order valence-electron chi connectivity index (χ3n) is 4.87. The van der Waals surface area contributed by atoms with Gasteiger partial charge in [0.2, 0.25) is 0 Å². The number of halogens is 1. The summed E-state index contributed by atoms with van der Waals surface area (Å²) in [6.45, 7) is 12.8. The van der Waals surface area contributed by atoms with Gasteiger partial charge in [-0.1, -0.05) is 13.8 Å². The summed E-state index contributed by atoms with van der Waals surface area (Å²) in [5.74, 6) is 1.54. The first-order chi connectivity index (χ1) is 12.1. The average Bonchev–Trinajstić information content (AvgIpc) is 2.61. The van der Waals surface area contributed by atoms with Crippen LogP contribution in [0.25, 0.3) is 0 Å². The number of likely N-dealkylation sites (N-methyl/N-ethyl adjacent to an activating group) is 1. The second-order valence-corrected chi connectivity index (χ2v) is 7.52. The highest BCUT2D eigenvalue weighted by atomic mass is 127. The maximum absolute atomic E-state index is 5.81. The molecule has 0 aromatic rings. The van der Waals surface area contributed by atoms with Crippen molar-refractivity contribution in [1.82, 2.24) is 20.4 Å². The molecule has 2 heterocycles. The molecular weight excluding hydrogens is 445 g/mol. The SMILES string of the molecule is CN=C(NCC1CN(C)CCO1)NCC(CC(C)C)N1CCOCC1.I. The van der Waals surface area contributed by atoms with E-state index in [4.69, 9.17) is 9.47 Å². The van der Waals surface area contributed by atoms with Gasteiger partial charge in [-0.05, 0) is 19.4 Å². The Labute approximate surface area is 176 Å². The molecule has 0 aromatic carbocycles. The van der Waals surface area contributed by atoms with E-state index < -0.39 is 0 Å². The molecule has 0 saturated carbocycles. The van der Waals surface area contributed by atoms with E-state index in [1.54, 1.807) is 0 Å². The van der Waals surface area contributed by atoms with Crippen molar-refractivity contribution in [3.63, 3.8) is 0 Å². The minimum atomic E-state index is 0.